The van der Waals surface area contributed by atoms with Gasteiger partial charge in [-0.1, -0.05) is 28.1 Å². The van der Waals surface area contributed by atoms with Crippen LogP contribution in [-0.4, -0.2) is 39.4 Å². The number of hydrogen-bond acceptors (Lipinski definition) is 4. The molecule has 0 radical (unpaired) electrons. The fourth-order valence-electron chi connectivity index (χ4n) is 3.44. The number of aromatic nitrogens is 3. The monoisotopic (exact) mass is 453 g/mol. The van der Waals surface area contributed by atoms with Gasteiger partial charge in [0, 0.05) is 54.8 Å². The van der Waals surface area contributed by atoms with E-state index < -0.39 is 0 Å². The predicted molar refractivity (Wildman–Crippen MR) is 113 cm³/mol. The summed E-state index contributed by atoms with van der Waals surface area (Å²) in [4.78, 5) is 35.3. The number of benzene rings is 1. The van der Waals surface area contributed by atoms with Gasteiger partial charge in [-0.2, -0.15) is 0 Å². The Balaban J connectivity index is 1.33. The van der Waals surface area contributed by atoms with Crippen molar-refractivity contribution in [3.63, 3.8) is 0 Å². The average molecular weight is 454 g/mol. The van der Waals surface area contributed by atoms with Crippen molar-refractivity contribution in [2.75, 3.05) is 18.0 Å². The molecular formula is C21H20BrN5O2. The largest absolute Gasteiger partial charge is 0.354 e. The quantitative estimate of drug-likeness (QED) is 0.622. The lowest BCUT2D eigenvalue weighted by atomic mass is 10.1. The minimum atomic E-state index is -0.348. The van der Waals surface area contributed by atoms with Crippen molar-refractivity contribution in [3.05, 3.63) is 65.5 Å². The highest BCUT2D eigenvalue weighted by atomic mass is 79.9. The Morgan fingerprint density at radius 3 is 2.86 bits per heavy atom. The summed E-state index contributed by atoms with van der Waals surface area (Å²) in [6, 6.07) is 13.2. The zero-order valence-electron chi connectivity index (χ0n) is 15.7. The van der Waals surface area contributed by atoms with Crippen LogP contribution in [0.4, 0.5) is 5.69 Å². The highest BCUT2D eigenvalue weighted by Crippen LogP contribution is 2.27. The fraction of sp³-hybridized carbons (Fsp3) is 0.238. The van der Waals surface area contributed by atoms with Crippen molar-refractivity contribution in [1.29, 1.82) is 0 Å². The summed E-state index contributed by atoms with van der Waals surface area (Å²) < 4.78 is 2.86. The third-order valence-corrected chi connectivity index (χ3v) is 5.37. The molecule has 0 bridgehead atoms. The van der Waals surface area contributed by atoms with E-state index in [0.29, 0.717) is 19.6 Å². The molecule has 1 unspecified atom stereocenters. The Hall–Kier alpha value is -3.00. The van der Waals surface area contributed by atoms with Crippen molar-refractivity contribution >= 4 is 33.4 Å². The maximum absolute atomic E-state index is 12.6. The summed E-state index contributed by atoms with van der Waals surface area (Å²) in [6.07, 6.45) is 5.54. The van der Waals surface area contributed by atoms with Crippen LogP contribution in [-0.2, 0) is 16.1 Å². The fourth-order valence-corrected chi connectivity index (χ4v) is 3.83. The van der Waals surface area contributed by atoms with Gasteiger partial charge in [-0.15, -0.1) is 0 Å². The number of carbonyl (C=O) groups excluding carboxylic acids is 2. The van der Waals surface area contributed by atoms with Crippen LogP contribution in [0.3, 0.4) is 0 Å². The molecule has 1 atom stereocenters. The van der Waals surface area contributed by atoms with Crippen molar-refractivity contribution in [2.24, 2.45) is 5.92 Å². The Kier molecular flexibility index (Phi) is 5.71. The maximum atomic E-state index is 12.6. The lowest BCUT2D eigenvalue weighted by Gasteiger charge is -2.17. The maximum Gasteiger partial charge on any atom is 0.227 e. The summed E-state index contributed by atoms with van der Waals surface area (Å²) in [5.41, 5.74) is 1.59. The third-order valence-electron chi connectivity index (χ3n) is 4.88. The number of imidazole rings is 1. The molecule has 3 aromatic rings. The van der Waals surface area contributed by atoms with Gasteiger partial charge in [-0.05, 0) is 30.3 Å². The lowest BCUT2D eigenvalue weighted by Crippen LogP contribution is -2.34. The van der Waals surface area contributed by atoms with Crippen molar-refractivity contribution in [3.8, 4) is 11.5 Å². The second-order valence-electron chi connectivity index (χ2n) is 6.84. The van der Waals surface area contributed by atoms with Crippen LogP contribution in [0, 0.1) is 5.92 Å². The average Bonchev–Trinajstić information content (AvgIpc) is 3.35. The Labute approximate surface area is 176 Å². The van der Waals surface area contributed by atoms with Gasteiger partial charge in [-0.25, -0.2) is 4.98 Å². The van der Waals surface area contributed by atoms with Crippen LogP contribution < -0.4 is 10.2 Å². The van der Waals surface area contributed by atoms with Crippen LogP contribution >= 0.6 is 15.9 Å². The summed E-state index contributed by atoms with van der Waals surface area (Å²) in [7, 11) is 0. The summed E-state index contributed by atoms with van der Waals surface area (Å²) in [6.45, 7) is 1.43. The van der Waals surface area contributed by atoms with Gasteiger partial charge in [0.1, 0.15) is 5.69 Å². The van der Waals surface area contributed by atoms with Gasteiger partial charge in [0.05, 0.1) is 5.92 Å². The summed E-state index contributed by atoms with van der Waals surface area (Å²) in [5.74, 6) is 0.280. The van der Waals surface area contributed by atoms with Crippen LogP contribution in [0.2, 0.25) is 0 Å². The highest BCUT2D eigenvalue weighted by Gasteiger charge is 2.35. The second-order valence-corrected chi connectivity index (χ2v) is 7.75. The van der Waals surface area contributed by atoms with Crippen LogP contribution in [0.1, 0.15) is 6.42 Å². The zero-order chi connectivity index (χ0) is 20.2. The highest BCUT2D eigenvalue weighted by molar-refractivity contribution is 9.10. The topological polar surface area (TPSA) is 80.1 Å². The second kappa shape index (κ2) is 8.57. The van der Waals surface area contributed by atoms with E-state index in [4.69, 9.17) is 0 Å². The molecule has 3 heterocycles. The molecule has 1 aliphatic heterocycles. The first-order valence-corrected chi connectivity index (χ1v) is 10.2. The first kappa shape index (κ1) is 19.3. The van der Waals surface area contributed by atoms with E-state index in [9.17, 15) is 9.59 Å². The summed E-state index contributed by atoms with van der Waals surface area (Å²) >= 11 is 3.42. The predicted octanol–water partition coefficient (Wildman–Crippen LogP) is 2.88. The molecule has 1 aromatic carbocycles. The molecular weight excluding hydrogens is 434 g/mol. The number of halogens is 1. The standard InChI is InChI=1S/C21H20BrN5O2/c22-16-4-3-5-17(13-16)27-14-15(12-19(27)28)21(29)25-9-11-26-10-8-24-20(26)18-6-1-2-7-23-18/h1-8,10,13,15H,9,11-12,14H2,(H,25,29). The minimum absolute atomic E-state index is 0.0321. The molecule has 0 spiro atoms. The van der Waals surface area contributed by atoms with Gasteiger partial charge in [0.15, 0.2) is 5.82 Å². The number of carbonyl (C=O) groups is 2. The van der Waals surface area contributed by atoms with E-state index in [-0.39, 0.29) is 24.2 Å². The van der Waals surface area contributed by atoms with Gasteiger partial charge in [0.25, 0.3) is 0 Å². The Morgan fingerprint density at radius 1 is 1.17 bits per heavy atom. The van der Waals surface area contributed by atoms with E-state index in [2.05, 4.69) is 31.2 Å². The number of anilines is 1. The molecule has 2 amide bonds. The molecule has 4 rings (SSSR count). The molecule has 0 aliphatic carbocycles. The molecule has 1 fully saturated rings. The van der Waals surface area contributed by atoms with Gasteiger partial charge in [0.2, 0.25) is 11.8 Å². The van der Waals surface area contributed by atoms with E-state index in [1.54, 1.807) is 17.3 Å². The number of amides is 2. The molecule has 2 aromatic heterocycles. The van der Waals surface area contributed by atoms with Crippen LogP contribution in [0.25, 0.3) is 11.5 Å². The molecule has 29 heavy (non-hydrogen) atoms. The van der Waals surface area contributed by atoms with Crippen molar-refractivity contribution in [1.82, 2.24) is 19.9 Å². The molecule has 1 N–H and O–H groups in total. The smallest absolute Gasteiger partial charge is 0.227 e. The molecule has 1 saturated heterocycles. The van der Waals surface area contributed by atoms with E-state index in [1.165, 1.54) is 0 Å². The minimum Gasteiger partial charge on any atom is -0.354 e. The van der Waals surface area contributed by atoms with Gasteiger partial charge >= 0.3 is 0 Å². The molecule has 148 valence electrons. The molecule has 0 saturated carbocycles. The number of nitrogens with one attached hydrogen (secondary N) is 1. The SMILES string of the molecule is O=C(NCCn1ccnc1-c1ccccn1)C1CC(=O)N(c2cccc(Br)c2)C1. The van der Waals surface area contributed by atoms with Crippen LogP contribution in [0.5, 0.6) is 0 Å². The normalized spacial score (nSPS) is 16.2. The van der Waals surface area contributed by atoms with E-state index >= 15 is 0 Å². The first-order chi connectivity index (χ1) is 14.1. The molecule has 8 heteroatoms. The van der Waals surface area contributed by atoms with Gasteiger partial charge < -0.3 is 14.8 Å². The van der Waals surface area contributed by atoms with Crippen LogP contribution in [0.15, 0.2) is 65.5 Å². The van der Waals surface area contributed by atoms with Crippen molar-refractivity contribution in [2.45, 2.75) is 13.0 Å². The number of pyridine rings is 1. The number of nitrogens with zero attached hydrogens (tertiary/aromatic N) is 4. The van der Waals surface area contributed by atoms with E-state index in [1.807, 2.05) is 53.2 Å². The zero-order valence-corrected chi connectivity index (χ0v) is 17.2. The molecule has 7 nitrogen and oxygen atoms in total. The number of hydrogen-bond donors (Lipinski definition) is 1. The lowest BCUT2D eigenvalue weighted by molar-refractivity contribution is -0.126. The van der Waals surface area contributed by atoms with Crippen molar-refractivity contribution < 1.29 is 9.59 Å². The number of rotatable bonds is 6. The first-order valence-electron chi connectivity index (χ1n) is 9.38. The van der Waals surface area contributed by atoms with Gasteiger partial charge in [-0.3, -0.25) is 14.6 Å². The summed E-state index contributed by atoms with van der Waals surface area (Å²) in [5, 5.41) is 2.95. The Bertz CT molecular complexity index is 1020. The third kappa shape index (κ3) is 4.37. The Morgan fingerprint density at radius 2 is 2.07 bits per heavy atom. The molecule has 1 aliphatic rings. The van der Waals surface area contributed by atoms with E-state index in [0.717, 1.165) is 21.7 Å².